The molecular weight excluding hydrogens is 212 g/mol. The van der Waals surface area contributed by atoms with Gasteiger partial charge in [0.2, 0.25) is 0 Å². The average molecular weight is 230 g/mol. The van der Waals surface area contributed by atoms with Gasteiger partial charge in [0.15, 0.2) is 0 Å². The van der Waals surface area contributed by atoms with Crippen LogP contribution in [0.5, 0.6) is 0 Å². The van der Waals surface area contributed by atoms with Gasteiger partial charge in [0.05, 0.1) is 18.6 Å². The van der Waals surface area contributed by atoms with Gasteiger partial charge in [-0.25, -0.2) is 4.79 Å². The van der Waals surface area contributed by atoms with Crippen molar-refractivity contribution in [3.8, 4) is 0 Å². The van der Waals surface area contributed by atoms with Gasteiger partial charge in [0.1, 0.15) is 0 Å². The molecule has 2 amide bonds. The van der Waals surface area contributed by atoms with Crippen LogP contribution in [0.15, 0.2) is 0 Å². The van der Waals surface area contributed by atoms with Gasteiger partial charge in [0.25, 0.3) is 0 Å². The van der Waals surface area contributed by atoms with E-state index >= 15 is 0 Å². The van der Waals surface area contributed by atoms with Gasteiger partial charge >= 0.3 is 12.0 Å². The summed E-state index contributed by atoms with van der Waals surface area (Å²) in [6, 6.07) is -0.224. The molecule has 0 radical (unpaired) electrons. The summed E-state index contributed by atoms with van der Waals surface area (Å²) in [6.07, 6.45) is 0. The van der Waals surface area contributed by atoms with Gasteiger partial charge < -0.3 is 20.1 Å². The van der Waals surface area contributed by atoms with Crippen molar-refractivity contribution >= 4 is 12.0 Å². The molecule has 0 aromatic heterocycles. The first-order chi connectivity index (χ1) is 7.43. The molecule has 1 heterocycles. The lowest BCUT2D eigenvalue weighted by atomic mass is 9.94. The lowest BCUT2D eigenvalue weighted by molar-refractivity contribution is -0.146. The second kappa shape index (κ2) is 5.16. The Hall–Kier alpha value is -1.30. The molecule has 0 atom stereocenters. The largest absolute Gasteiger partial charge is 0.481 e. The molecule has 0 aromatic rings. The summed E-state index contributed by atoms with van der Waals surface area (Å²) < 4.78 is 5.12. The SMILES string of the molecule is CC(C)(CNC(=O)N1CCOCC1)C(=O)O. The molecule has 0 unspecified atom stereocenters. The number of hydrogen-bond acceptors (Lipinski definition) is 3. The van der Waals surface area contributed by atoms with Crippen LogP contribution >= 0.6 is 0 Å². The van der Waals surface area contributed by atoms with Crippen molar-refractivity contribution in [1.82, 2.24) is 10.2 Å². The molecule has 0 bridgehead atoms. The van der Waals surface area contributed by atoms with Crippen molar-refractivity contribution in [3.05, 3.63) is 0 Å². The zero-order valence-corrected chi connectivity index (χ0v) is 9.65. The van der Waals surface area contributed by atoms with Crippen LogP contribution in [0.4, 0.5) is 4.79 Å². The lowest BCUT2D eigenvalue weighted by Gasteiger charge is -2.28. The van der Waals surface area contributed by atoms with Crippen molar-refractivity contribution in [2.75, 3.05) is 32.8 Å². The number of carboxylic acids is 1. The number of rotatable bonds is 3. The molecule has 1 rings (SSSR count). The lowest BCUT2D eigenvalue weighted by Crippen LogP contribution is -2.49. The Morgan fingerprint density at radius 1 is 1.38 bits per heavy atom. The molecule has 1 fully saturated rings. The number of carboxylic acid groups (broad SMARTS) is 1. The Bertz CT molecular complexity index is 272. The molecule has 0 saturated carbocycles. The fraction of sp³-hybridized carbons (Fsp3) is 0.800. The molecule has 1 aliphatic heterocycles. The number of aliphatic carboxylic acids is 1. The van der Waals surface area contributed by atoms with E-state index < -0.39 is 11.4 Å². The maximum Gasteiger partial charge on any atom is 0.317 e. The van der Waals surface area contributed by atoms with Crippen LogP contribution in [0.3, 0.4) is 0 Å². The highest BCUT2D eigenvalue weighted by atomic mass is 16.5. The number of morpholine rings is 1. The molecule has 6 heteroatoms. The highest BCUT2D eigenvalue weighted by Crippen LogP contribution is 2.13. The second-order valence-corrected chi connectivity index (χ2v) is 4.45. The zero-order valence-electron chi connectivity index (χ0n) is 9.65. The smallest absolute Gasteiger partial charge is 0.317 e. The van der Waals surface area contributed by atoms with E-state index in [2.05, 4.69) is 5.32 Å². The Balaban J connectivity index is 2.37. The standard InChI is InChI=1S/C10H18N2O4/c1-10(2,8(13)14)7-11-9(15)12-3-5-16-6-4-12/h3-7H2,1-2H3,(H,11,15)(H,13,14). The number of urea groups is 1. The average Bonchev–Trinajstić information content (AvgIpc) is 2.27. The van der Waals surface area contributed by atoms with E-state index in [0.717, 1.165) is 0 Å². The normalized spacial score (nSPS) is 17.0. The maximum atomic E-state index is 11.6. The predicted molar refractivity (Wildman–Crippen MR) is 57.2 cm³/mol. The Morgan fingerprint density at radius 2 is 1.94 bits per heavy atom. The maximum absolute atomic E-state index is 11.6. The molecular formula is C10H18N2O4. The number of amides is 2. The van der Waals surface area contributed by atoms with Crippen molar-refractivity contribution in [1.29, 1.82) is 0 Å². The van der Waals surface area contributed by atoms with E-state index in [0.29, 0.717) is 26.3 Å². The highest BCUT2D eigenvalue weighted by molar-refractivity contribution is 5.77. The molecule has 16 heavy (non-hydrogen) atoms. The second-order valence-electron chi connectivity index (χ2n) is 4.45. The minimum Gasteiger partial charge on any atom is -0.481 e. The summed E-state index contributed by atoms with van der Waals surface area (Å²) in [7, 11) is 0. The number of nitrogens with zero attached hydrogens (tertiary/aromatic N) is 1. The van der Waals surface area contributed by atoms with Crippen LogP contribution in [0.1, 0.15) is 13.8 Å². The first-order valence-corrected chi connectivity index (χ1v) is 5.27. The number of ether oxygens (including phenoxy) is 1. The fourth-order valence-corrected chi connectivity index (χ4v) is 1.25. The van der Waals surface area contributed by atoms with Gasteiger partial charge in [-0.05, 0) is 13.8 Å². The molecule has 0 aromatic carbocycles. The predicted octanol–water partition coefficient (Wildman–Crippen LogP) is 0.139. The third-order valence-electron chi connectivity index (χ3n) is 2.56. The first-order valence-electron chi connectivity index (χ1n) is 5.27. The minimum absolute atomic E-state index is 0.124. The number of carbonyl (C=O) groups excluding carboxylic acids is 1. The van der Waals surface area contributed by atoms with E-state index in [-0.39, 0.29) is 12.6 Å². The summed E-state index contributed by atoms with van der Waals surface area (Å²) in [6.45, 7) is 5.46. The molecule has 2 N–H and O–H groups in total. The number of nitrogens with one attached hydrogen (secondary N) is 1. The van der Waals surface area contributed by atoms with Crippen LogP contribution in [-0.4, -0.2) is 54.9 Å². The first kappa shape index (κ1) is 12.8. The molecule has 0 spiro atoms. The van der Waals surface area contributed by atoms with Gasteiger partial charge in [-0.2, -0.15) is 0 Å². The van der Waals surface area contributed by atoms with Crippen LogP contribution in [0, 0.1) is 5.41 Å². The van der Waals surface area contributed by atoms with Crippen LogP contribution in [0.2, 0.25) is 0 Å². The number of carbonyl (C=O) groups is 2. The zero-order chi connectivity index (χ0) is 12.2. The van der Waals surface area contributed by atoms with E-state index in [1.807, 2.05) is 0 Å². The summed E-state index contributed by atoms with van der Waals surface area (Å²) in [5.41, 5.74) is -0.943. The fourth-order valence-electron chi connectivity index (χ4n) is 1.25. The number of hydrogen-bond donors (Lipinski definition) is 2. The Morgan fingerprint density at radius 3 is 2.44 bits per heavy atom. The molecule has 1 saturated heterocycles. The van der Waals surface area contributed by atoms with Gasteiger partial charge in [-0.3, -0.25) is 4.79 Å². The van der Waals surface area contributed by atoms with E-state index in [1.54, 1.807) is 18.7 Å². The van der Waals surface area contributed by atoms with Crippen molar-refractivity contribution in [3.63, 3.8) is 0 Å². The molecule has 0 aliphatic carbocycles. The van der Waals surface area contributed by atoms with Gasteiger partial charge in [0, 0.05) is 19.6 Å². The summed E-state index contributed by atoms with van der Waals surface area (Å²) in [4.78, 5) is 24.1. The van der Waals surface area contributed by atoms with Gasteiger partial charge in [-0.15, -0.1) is 0 Å². The van der Waals surface area contributed by atoms with E-state index in [4.69, 9.17) is 9.84 Å². The summed E-state index contributed by atoms with van der Waals surface area (Å²) in [5.74, 6) is -0.922. The quantitative estimate of drug-likeness (QED) is 0.722. The Labute approximate surface area is 94.6 Å². The third-order valence-corrected chi connectivity index (χ3v) is 2.56. The van der Waals surface area contributed by atoms with Crippen molar-refractivity contribution in [2.45, 2.75) is 13.8 Å². The van der Waals surface area contributed by atoms with Crippen molar-refractivity contribution < 1.29 is 19.4 Å². The van der Waals surface area contributed by atoms with Crippen LogP contribution < -0.4 is 5.32 Å². The summed E-state index contributed by atoms with van der Waals surface area (Å²) in [5, 5.41) is 11.5. The monoisotopic (exact) mass is 230 g/mol. The van der Waals surface area contributed by atoms with Crippen molar-refractivity contribution in [2.24, 2.45) is 5.41 Å². The van der Waals surface area contributed by atoms with E-state index in [9.17, 15) is 9.59 Å². The van der Waals surface area contributed by atoms with E-state index in [1.165, 1.54) is 0 Å². The molecule has 1 aliphatic rings. The third kappa shape index (κ3) is 3.37. The summed E-state index contributed by atoms with van der Waals surface area (Å²) >= 11 is 0. The van der Waals surface area contributed by atoms with Gasteiger partial charge in [-0.1, -0.05) is 0 Å². The minimum atomic E-state index is -0.943. The molecule has 92 valence electrons. The van der Waals surface area contributed by atoms with Crippen LogP contribution in [-0.2, 0) is 9.53 Å². The van der Waals surface area contributed by atoms with Crippen LogP contribution in [0.25, 0.3) is 0 Å². The topological polar surface area (TPSA) is 78.9 Å². The molecule has 6 nitrogen and oxygen atoms in total. The highest BCUT2D eigenvalue weighted by Gasteiger charge is 2.28. The Kier molecular flexibility index (Phi) is 4.12.